The molecule has 1 N–H and O–H groups in total. The Morgan fingerprint density at radius 3 is 2.19 bits per heavy atom. The first-order valence-electron chi connectivity index (χ1n) is 8.53. The van der Waals surface area contributed by atoms with Crippen LogP contribution in [0.25, 0.3) is 0 Å². The average molecular weight is 361 g/mol. The summed E-state index contributed by atoms with van der Waals surface area (Å²) in [5, 5.41) is 2.96. The Labute approximate surface area is 153 Å². The number of anilines is 1. The van der Waals surface area contributed by atoms with E-state index < -0.39 is 11.6 Å². The van der Waals surface area contributed by atoms with E-state index in [1.54, 1.807) is 0 Å². The van der Waals surface area contributed by atoms with Gasteiger partial charge in [0.1, 0.15) is 12.4 Å². The van der Waals surface area contributed by atoms with Crippen molar-refractivity contribution in [2.45, 2.75) is 47.6 Å². The number of carbonyl (C=O) groups excluding carboxylic acids is 1. The molecule has 0 radical (unpaired) electrons. The molecule has 5 heteroatoms. The van der Waals surface area contributed by atoms with Crippen LogP contribution in [0.2, 0.25) is 0 Å². The molecule has 0 aliphatic rings. The molecule has 0 unspecified atom stereocenters. The summed E-state index contributed by atoms with van der Waals surface area (Å²) in [6.07, 6.45) is 0.431. The Kier molecular flexibility index (Phi) is 6.01. The van der Waals surface area contributed by atoms with Crippen molar-refractivity contribution in [1.29, 1.82) is 0 Å². The maximum atomic E-state index is 13.3. The number of amides is 1. The van der Waals surface area contributed by atoms with Crippen LogP contribution >= 0.6 is 0 Å². The Hall–Kier alpha value is -2.43. The number of rotatable bonds is 5. The fourth-order valence-electron chi connectivity index (χ4n) is 2.67. The Bertz CT molecular complexity index is 787. The number of aryl methyl sites for hydroxylation is 2. The van der Waals surface area contributed by atoms with Gasteiger partial charge in [-0.25, -0.2) is 8.78 Å². The lowest BCUT2D eigenvalue weighted by Crippen LogP contribution is -2.20. The SMILES string of the molecule is Cc1cc(OCc2ccc(F)c(F)c2)cc(C)c1NC(=O)CC(C)(C)C. The van der Waals surface area contributed by atoms with E-state index in [1.165, 1.54) is 6.07 Å². The molecule has 1 amide bonds. The highest BCUT2D eigenvalue weighted by Crippen LogP contribution is 2.28. The van der Waals surface area contributed by atoms with Crippen LogP contribution in [0.1, 0.15) is 43.9 Å². The predicted molar refractivity (Wildman–Crippen MR) is 99.3 cm³/mol. The molecule has 0 aliphatic heterocycles. The predicted octanol–water partition coefficient (Wildman–Crippen LogP) is 5.54. The van der Waals surface area contributed by atoms with Gasteiger partial charge < -0.3 is 10.1 Å². The van der Waals surface area contributed by atoms with Gasteiger partial charge in [-0.2, -0.15) is 0 Å². The summed E-state index contributed by atoms with van der Waals surface area (Å²) in [6, 6.07) is 7.33. The van der Waals surface area contributed by atoms with Crippen molar-refractivity contribution in [2.24, 2.45) is 5.41 Å². The number of benzene rings is 2. The van der Waals surface area contributed by atoms with Crippen LogP contribution in [-0.4, -0.2) is 5.91 Å². The molecule has 0 aromatic heterocycles. The summed E-state index contributed by atoms with van der Waals surface area (Å²) >= 11 is 0. The summed E-state index contributed by atoms with van der Waals surface area (Å²) in [5.74, 6) is -1.19. The zero-order valence-corrected chi connectivity index (χ0v) is 15.9. The molecule has 0 aliphatic carbocycles. The fourth-order valence-corrected chi connectivity index (χ4v) is 2.67. The topological polar surface area (TPSA) is 38.3 Å². The van der Waals surface area contributed by atoms with Gasteiger partial charge in [0.15, 0.2) is 11.6 Å². The van der Waals surface area contributed by atoms with Gasteiger partial charge in [-0.3, -0.25) is 4.79 Å². The molecule has 0 saturated heterocycles. The molecular weight excluding hydrogens is 336 g/mol. The van der Waals surface area contributed by atoms with Crippen LogP contribution in [0.15, 0.2) is 30.3 Å². The quantitative estimate of drug-likeness (QED) is 0.760. The van der Waals surface area contributed by atoms with Crippen molar-refractivity contribution >= 4 is 11.6 Å². The second-order valence-corrected chi connectivity index (χ2v) is 7.75. The van der Waals surface area contributed by atoms with Gasteiger partial charge in [0.25, 0.3) is 0 Å². The zero-order chi connectivity index (χ0) is 19.5. The first-order valence-corrected chi connectivity index (χ1v) is 8.53. The summed E-state index contributed by atoms with van der Waals surface area (Å²) in [7, 11) is 0. The van der Waals surface area contributed by atoms with Crippen LogP contribution < -0.4 is 10.1 Å². The van der Waals surface area contributed by atoms with E-state index in [9.17, 15) is 13.6 Å². The van der Waals surface area contributed by atoms with Crippen LogP contribution in [0.5, 0.6) is 5.75 Å². The highest BCUT2D eigenvalue weighted by Gasteiger charge is 2.17. The molecule has 0 spiro atoms. The number of nitrogens with one attached hydrogen (secondary N) is 1. The van der Waals surface area contributed by atoms with Crippen LogP contribution in [0.3, 0.4) is 0 Å². The maximum absolute atomic E-state index is 13.3. The van der Waals surface area contributed by atoms with E-state index in [4.69, 9.17) is 4.74 Å². The summed E-state index contributed by atoms with van der Waals surface area (Å²) < 4.78 is 31.9. The van der Waals surface area contributed by atoms with Gasteiger partial charge in [-0.15, -0.1) is 0 Å². The molecule has 0 heterocycles. The minimum atomic E-state index is -0.893. The fraction of sp³-hybridized carbons (Fsp3) is 0.381. The van der Waals surface area contributed by atoms with Gasteiger partial charge >= 0.3 is 0 Å². The average Bonchev–Trinajstić information content (AvgIpc) is 2.50. The molecule has 3 nitrogen and oxygen atoms in total. The van der Waals surface area contributed by atoms with Crippen molar-refractivity contribution in [3.8, 4) is 5.75 Å². The monoisotopic (exact) mass is 361 g/mol. The van der Waals surface area contributed by atoms with Gasteiger partial charge in [0.2, 0.25) is 5.91 Å². The largest absolute Gasteiger partial charge is 0.489 e. The molecule has 0 atom stereocenters. The second-order valence-electron chi connectivity index (χ2n) is 7.75. The molecular formula is C21H25F2NO2. The molecule has 140 valence electrons. The van der Waals surface area contributed by atoms with Crippen molar-refractivity contribution < 1.29 is 18.3 Å². The lowest BCUT2D eigenvalue weighted by atomic mass is 9.92. The third-order valence-electron chi connectivity index (χ3n) is 3.85. The van der Waals surface area contributed by atoms with E-state index >= 15 is 0 Å². The van der Waals surface area contributed by atoms with Crippen LogP contribution in [0.4, 0.5) is 14.5 Å². The van der Waals surface area contributed by atoms with E-state index in [2.05, 4.69) is 5.32 Å². The zero-order valence-electron chi connectivity index (χ0n) is 15.9. The Morgan fingerprint density at radius 2 is 1.65 bits per heavy atom. The van der Waals surface area contributed by atoms with Crippen molar-refractivity contribution in [1.82, 2.24) is 0 Å². The lowest BCUT2D eigenvalue weighted by molar-refractivity contribution is -0.117. The van der Waals surface area contributed by atoms with E-state index in [-0.39, 0.29) is 17.9 Å². The summed E-state index contributed by atoms with van der Waals surface area (Å²) in [6.45, 7) is 9.96. The summed E-state index contributed by atoms with van der Waals surface area (Å²) in [5.41, 5.74) is 3.00. The number of carbonyl (C=O) groups is 1. The first-order chi connectivity index (χ1) is 12.0. The van der Waals surface area contributed by atoms with Crippen LogP contribution in [-0.2, 0) is 11.4 Å². The second kappa shape index (κ2) is 7.85. The number of hydrogen-bond donors (Lipinski definition) is 1. The van der Waals surface area contributed by atoms with E-state index in [1.807, 2.05) is 46.8 Å². The number of ether oxygens (including phenoxy) is 1. The molecule has 2 aromatic rings. The minimum absolute atomic E-state index is 0.0286. The van der Waals surface area contributed by atoms with E-state index in [0.29, 0.717) is 17.7 Å². The summed E-state index contributed by atoms with van der Waals surface area (Å²) in [4.78, 5) is 12.2. The standard InChI is InChI=1S/C21H25F2NO2/c1-13-8-16(26-12-15-6-7-17(22)18(23)10-15)9-14(2)20(13)24-19(25)11-21(3,4)5/h6-10H,11-12H2,1-5H3,(H,24,25). The molecule has 2 aromatic carbocycles. The molecule has 26 heavy (non-hydrogen) atoms. The van der Waals surface area contributed by atoms with Crippen molar-refractivity contribution in [3.63, 3.8) is 0 Å². The highest BCUT2D eigenvalue weighted by molar-refractivity contribution is 5.92. The highest BCUT2D eigenvalue weighted by atomic mass is 19.2. The van der Waals surface area contributed by atoms with Gasteiger partial charge in [0, 0.05) is 12.1 Å². The third kappa shape index (κ3) is 5.55. The molecule has 0 saturated carbocycles. The van der Waals surface area contributed by atoms with Gasteiger partial charge in [0.05, 0.1) is 0 Å². The normalized spacial score (nSPS) is 11.3. The Balaban J connectivity index is 2.08. The maximum Gasteiger partial charge on any atom is 0.224 e. The smallest absolute Gasteiger partial charge is 0.224 e. The lowest BCUT2D eigenvalue weighted by Gasteiger charge is -2.19. The van der Waals surface area contributed by atoms with E-state index in [0.717, 1.165) is 28.9 Å². The van der Waals surface area contributed by atoms with Crippen molar-refractivity contribution in [3.05, 3.63) is 58.7 Å². The number of halogens is 2. The number of hydrogen-bond acceptors (Lipinski definition) is 2. The van der Waals surface area contributed by atoms with Crippen LogP contribution in [0, 0.1) is 30.9 Å². The first kappa shape index (κ1) is 19.9. The Morgan fingerprint density at radius 1 is 1.04 bits per heavy atom. The molecule has 0 bridgehead atoms. The van der Waals surface area contributed by atoms with Gasteiger partial charge in [-0.1, -0.05) is 26.8 Å². The minimum Gasteiger partial charge on any atom is -0.489 e. The van der Waals surface area contributed by atoms with Crippen molar-refractivity contribution in [2.75, 3.05) is 5.32 Å². The van der Waals surface area contributed by atoms with Gasteiger partial charge in [-0.05, 0) is 60.2 Å². The third-order valence-corrected chi connectivity index (χ3v) is 3.85. The molecule has 2 rings (SSSR count). The molecule has 0 fully saturated rings.